The molecule has 0 nitrogen and oxygen atoms in total. The lowest BCUT2D eigenvalue weighted by Crippen LogP contribution is -2.33. The molecule has 0 aromatic heterocycles. The maximum absolute atomic E-state index is 6.73. The van der Waals surface area contributed by atoms with Gasteiger partial charge in [-0.1, -0.05) is 57.8 Å². The second-order valence-electron chi connectivity index (χ2n) is 4.99. The summed E-state index contributed by atoms with van der Waals surface area (Å²) in [5, 5.41) is 0. The zero-order valence-corrected chi connectivity index (χ0v) is 11.3. The highest BCUT2D eigenvalue weighted by Crippen LogP contribution is 2.52. The van der Waals surface area contributed by atoms with E-state index in [1.54, 1.807) is 0 Å². The van der Waals surface area contributed by atoms with E-state index in [1.165, 1.54) is 57.8 Å². The van der Waals surface area contributed by atoms with Crippen molar-refractivity contribution in [1.29, 1.82) is 0 Å². The molecule has 3 heteroatoms. The Morgan fingerprint density at radius 2 is 1.00 bits per heavy atom. The van der Waals surface area contributed by atoms with Crippen molar-refractivity contribution in [3.63, 3.8) is 0 Å². The van der Waals surface area contributed by atoms with Crippen molar-refractivity contribution in [3.05, 3.63) is 0 Å². The molecule has 2 fully saturated rings. The van der Waals surface area contributed by atoms with E-state index in [-0.39, 0.29) is 0 Å². The third kappa shape index (κ3) is 2.30. The lowest BCUT2D eigenvalue weighted by Gasteiger charge is -2.34. The molecule has 0 heterocycles. The second kappa shape index (κ2) is 4.76. The lowest BCUT2D eigenvalue weighted by molar-refractivity contribution is 0.493. The van der Waals surface area contributed by atoms with Crippen LogP contribution in [0.1, 0.15) is 57.8 Å². The van der Waals surface area contributed by atoms with Crippen LogP contribution in [-0.4, -0.2) is 6.69 Å². The summed E-state index contributed by atoms with van der Waals surface area (Å²) in [7, 11) is 0. The smallest absolute Gasteiger partial charge is 0.145 e. The number of rotatable bonds is 2. The molecule has 0 aromatic rings. The molecule has 0 saturated heterocycles. The van der Waals surface area contributed by atoms with Gasteiger partial charge < -0.3 is 0 Å². The first-order chi connectivity index (χ1) is 6.71. The van der Waals surface area contributed by atoms with Crippen molar-refractivity contribution in [2.24, 2.45) is 0 Å². The van der Waals surface area contributed by atoms with E-state index < -0.39 is 6.69 Å². The van der Waals surface area contributed by atoms with Gasteiger partial charge in [0.2, 0.25) is 0 Å². The summed E-state index contributed by atoms with van der Waals surface area (Å²) in [6.45, 7) is -1.92. The van der Waals surface area contributed by atoms with E-state index in [9.17, 15) is 0 Å². The van der Waals surface area contributed by atoms with Crippen LogP contribution in [0.25, 0.3) is 0 Å². The standard InChI is InChI=1S/C11H20Cl2Si/c12-14(13,11-8-4-5-9-11)10-6-2-1-3-7-10/h10-11H,1-9H2. The van der Waals surface area contributed by atoms with Crippen LogP contribution < -0.4 is 0 Å². The van der Waals surface area contributed by atoms with Gasteiger partial charge in [-0.15, -0.1) is 22.2 Å². The molecule has 0 aromatic carbocycles. The molecule has 0 bridgehead atoms. The summed E-state index contributed by atoms with van der Waals surface area (Å²) in [5.74, 6) is 0. The molecule has 2 aliphatic rings. The highest BCUT2D eigenvalue weighted by Gasteiger charge is 2.46. The van der Waals surface area contributed by atoms with Gasteiger partial charge in [0.15, 0.2) is 0 Å². The van der Waals surface area contributed by atoms with Gasteiger partial charge >= 0.3 is 0 Å². The van der Waals surface area contributed by atoms with Gasteiger partial charge in [0.05, 0.1) is 0 Å². The Morgan fingerprint density at radius 1 is 0.643 bits per heavy atom. The molecule has 0 spiro atoms. The van der Waals surface area contributed by atoms with Crippen LogP contribution in [0, 0.1) is 0 Å². The van der Waals surface area contributed by atoms with E-state index in [0.717, 1.165) is 0 Å². The quantitative estimate of drug-likeness (QED) is 0.468. The summed E-state index contributed by atoms with van der Waals surface area (Å²) >= 11 is 13.5. The maximum atomic E-state index is 6.73. The summed E-state index contributed by atoms with van der Waals surface area (Å²) in [6.07, 6.45) is 12.1. The number of halogens is 2. The first kappa shape index (κ1) is 11.3. The second-order valence-corrected chi connectivity index (χ2v) is 12.3. The molecule has 2 rings (SSSR count). The number of hydrogen-bond acceptors (Lipinski definition) is 0. The van der Waals surface area contributed by atoms with Gasteiger partial charge in [-0.05, 0) is 11.1 Å². The Balaban J connectivity index is 1.97. The molecule has 0 atom stereocenters. The van der Waals surface area contributed by atoms with Crippen molar-refractivity contribution in [2.45, 2.75) is 68.9 Å². The van der Waals surface area contributed by atoms with Crippen LogP contribution in [0.4, 0.5) is 0 Å². The average molecular weight is 251 g/mol. The van der Waals surface area contributed by atoms with E-state index in [4.69, 9.17) is 22.2 Å². The zero-order valence-electron chi connectivity index (χ0n) is 8.77. The minimum atomic E-state index is -1.92. The van der Waals surface area contributed by atoms with Crippen molar-refractivity contribution in [2.75, 3.05) is 0 Å². The summed E-state index contributed by atoms with van der Waals surface area (Å²) in [5.41, 5.74) is 1.43. The van der Waals surface area contributed by atoms with E-state index in [0.29, 0.717) is 11.1 Å². The normalized spacial score (nSPS) is 27.0. The Kier molecular flexibility index (Phi) is 3.83. The molecule has 0 amide bonds. The van der Waals surface area contributed by atoms with E-state index in [2.05, 4.69) is 0 Å². The molecule has 2 aliphatic carbocycles. The summed E-state index contributed by atoms with van der Waals surface area (Å²) in [4.78, 5) is 0. The molecule has 0 N–H and O–H groups in total. The van der Waals surface area contributed by atoms with Gasteiger partial charge in [-0.3, -0.25) is 0 Å². The van der Waals surface area contributed by atoms with Crippen LogP contribution in [-0.2, 0) is 0 Å². The fourth-order valence-electron chi connectivity index (χ4n) is 3.13. The molecule has 0 radical (unpaired) electrons. The van der Waals surface area contributed by atoms with Crippen LogP contribution in [0.2, 0.25) is 11.1 Å². The van der Waals surface area contributed by atoms with Crippen molar-refractivity contribution in [3.8, 4) is 0 Å². The SMILES string of the molecule is Cl[Si](Cl)(C1CCCCC1)C1CCCC1. The monoisotopic (exact) mass is 250 g/mol. The van der Waals surface area contributed by atoms with Crippen LogP contribution >= 0.6 is 22.2 Å². The minimum Gasteiger partial charge on any atom is -0.145 e. The highest BCUT2D eigenvalue weighted by molar-refractivity contribution is 7.46. The third-order valence-corrected chi connectivity index (χ3v) is 11.1. The summed E-state index contributed by atoms with van der Waals surface area (Å²) < 4.78 is 0. The predicted octanol–water partition coefficient (Wildman–Crippen LogP) is 5.18. The van der Waals surface area contributed by atoms with Gasteiger partial charge in [0.1, 0.15) is 0 Å². The largest absolute Gasteiger partial charge is 0.257 e. The van der Waals surface area contributed by atoms with Crippen LogP contribution in [0.15, 0.2) is 0 Å². The Bertz CT molecular complexity index is 182. The highest BCUT2D eigenvalue weighted by atomic mass is 35.7. The summed E-state index contributed by atoms with van der Waals surface area (Å²) in [6, 6.07) is 0. The predicted molar refractivity (Wildman–Crippen MR) is 66.5 cm³/mol. The lowest BCUT2D eigenvalue weighted by atomic mass is 10.0. The van der Waals surface area contributed by atoms with Crippen molar-refractivity contribution < 1.29 is 0 Å². The van der Waals surface area contributed by atoms with Gasteiger partial charge in [0, 0.05) is 0 Å². The zero-order chi connectivity index (χ0) is 10.0. The fraction of sp³-hybridized carbons (Fsp3) is 1.00. The Morgan fingerprint density at radius 3 is 1.43 bits per heavy atom. The topological polar surface area (TPSA) is 0 Å². The minimum absolute atomic E-state index is 0.711. The third-order valence-electron chi connectivity index (χ3n) is 4.05. The van der Waals surface area contributed by atoms with Gasteiger partial charge in [-0.2, -0.15) is 0 Å². The van der Waals surface area contributed by atoms with E-state index >= 15 is 0 Å². The van der Waals surface area contributed by atoms with Crippen molar-refractivity contribution >= 4 is 28.9 Å². The van der Waals surface area contributed by atoms with Gasteiger partial charge in [0.25, 0.3) is 6.69 Å². The van der Waals surface area contributed by atoms with Gasteiger partial charge in [-0.25, -0.2) is 0 Å². The first-order valence-electron chi connectivity index (χ1n) is 6.09. The van der Waals surface area contributed by atoms with Crippen LogP contribution in [0.3, 0.4) is 0 Å². The van der Waals surface area contributed by atoms with E-state index in [1.807, 2.05) is 0 Å². The van der Waals surface area contributed by atoms with Crippen molar-refractivity contribution in [1.82, 2.24) is 0 Å². The fourth-order valence-corrected chi connectivity index (χ4v) is 8.77. The molecule has 0 unspecified atom stereocenters. The molecular formula is C11H20Cl2Si. The molecule has 14 heavy (non-hydrogen) atoms. The maximum Gasteiger partial charge on any atom is 0.257 e. The Hall–Kier alpha value is 0.797. The molecule has 0 aliphatic heterocycles. The average Bonchev–Trinajstić information content (AvgIpc) is 2.72. The Labute approximate surface area is 97.8 Å². The molecule has 2 saturated carbocycles. The number of hydrogen-bond donors (Lipinski definition) is 0. The molecular weight excluding hydrogens is 231 g/mol. The first-order valence-corrected chi connectivity index (χ1v) is 10.3. The molecule has 82 valence electrons. The van der Waals surface area contributed by atoms with Crippen LogP contribution in [0.5, 0.6) is 0 Å².